The van der Waals surface area contributed by atoms with Crippen LogP contribution >= 0.6 is 0 Å². The maximum Gasteiger partial charge on any atom is 0.290 e. The molecule has 1 aromatic carbocycles. The Labute approximate surface area is 156 Å². The van der Waals surface area contributed by atoms with Gasteiger partial charge in [0.15, 0.2) is 5.76 Å². The minimum absolute atomic E-state index is 0.109. The van der Waals surface area contributed by atoms with Gasteiger partial charge in [-0.1, -0.05) is 0 Å². The van der Waals surface area contributed by atoms with Gasteiger partial charge in [-0.05, 0) is 57.2 Å². The second-order valence-electron chi connectivity index (χ2n) is 7.27. The Hall–Kier alpha value is -3.40. The Bertz CT molecular complexity index is 918. The zero-order valence-electron chi connectivity index (χ0n) is 15.3. The predicted molar refractivity (Wildman–Crippen MR) is 96.7 cm³/mol. The highest BCUT2D eigenvalue weighted by Crippen LogP contribution is 2.31. The number of carbonyl (C=O) groups excluding carboxylic acids is 3. The number of carbonyl (C=O) groups is 3. The smallest absolute Gasteiger partial charge is 0.290 e. The van der Waals surface area contributed by atoms with Crippen molar-refractivity contribution >= 4 is 23.4 Å². The van der Waals surface area contributed by atoms with Crippen molar-refractivity contribution < 1.29 is 18.8 Å². The lowest BCUT2D eigenvalue weighted by molar-refractivity contribution is -0.123. The zero-order valence-corrected chi connectivity index (χ0v) is 15.3. The molecular formula is C20H19N3O4. The predicted octanol–water partition coefficient (Wildman–Crippen LogP) is 2.72. The number of hydrogen-bond acceptors (Lipinski definition) is 5. The number of rotatable bonds is 3. The van der Waals surface area contributed by atoms with Crippen LogP contribution in [0.4, 0.5) is 5.69 Å². The van der Waals surface area contributed by atoms with Gasteiger partial charge in [0.25, 0.3) is 11.8 Å². The molecule has 27 heavy (non-hydrogen) atoms. The minimum atomic E-state index is -0.925. The quantitative estimate of drug-likeness (QED) is 0.780. The third-order valence-corrected chi connectivity index (χ3v) is 4.36. The van der Waals surface area contributed by atoms with E-state index in [-0.39, 0.29) is 12.2 Å². The Kier molecular flexibility index (Phi) is 4.58. The van der Waals surface area contributed by atoms with Crippen LogP contribution in [0.15, 0.2) is 47.1 Å². The summed E-state index contributed by atoms with van der Waals surface area (Å²) >= 11 is 0. The van der Waals surface area contributed by atoms with Crippen molar-refractivity contribution in [3.05, 3.63) is 54.0 Å². The molecule has 138 valence electrons. The van der Waals surface area contributed by atoms with Crippen LogP contribution in [0.3, 0.4) is 0 Å². The normalized spacial score (nSPS) is 17.1. The number of nitrogens with zero attached hydrogens (tertiary/aromatic N) is 3. The van der Waals surface area contributed by atoms with Gasteiger partial charge in [-0.15, -0.1) is 0 Å². The number of anilines is 1. The van der Waals surface area contributed by atoms with E-state index in [0.717, 1.165) is 4.90 Å². The summed E-state index contributed by atoms with van der Waals surface area (Å²) in [7, 11) is 0. The highest BCUT2D eigenvalue weighted by atomic mass is 16.3. The molecule has 0 N–H and O–H groups in total. The van der Waals surface area contributed by atoms with Crippen molar-refractivity contribution in [1.82, 2.24) is 4.90 Å². The number of amides is 3. The maximum atomic E-state index is 13.0. The van der Waals surface area contributed by atoms with Gasteiger partial charge >= 0.3 is 0 Å². The van der Waals surface area contributed by atoms with Crippen LogP contribution in [0.1, 0.15) is 43.3 Å². The monoisotopic (exact) mass is 365 g/mol. The first-order valence-corrected chi connectivity index (χ1v) is 8.48. The molecular weight excluding hydrogens is 346 g/mol. The van der Waals surface area contributed by atoms with Crippen LogP contribution in [0.2, 0.25) is 0 Å². The van der Waals surface area contributed by atoms with E-state index in [1.807, 2.05) is 6.07 Å². The third-order valence-electron chi connectivity index (χ3n) is 4.36. The zero-order chi connectivity index (χ0) is 19.8. The Balaban J connectivity index is 1.95. The molecule has 1 fully saturated rings. The molecule has 2 heterocycles. The van der Waals surface area contributed by atoms with Gasteiger partial charge in [0.05, 0.1) is 30.0 Å². The lowest BCUT2D eigenvalue weighted by Gasteiger charge is -2.38. The first kappa shape index (κ1) is 18.4. The number of furan rings is 1. The standard InChI is InChI=1S/C20H19N3O4/c1-20(2,3)23(19(26)16-5-4-10-27-16)15-11-17(24)22(18(15)25)14-8-6-13(12-21)7-9-14/h4-10,15H,11H2,1-3H3. The van der Waals surface area contributed by atoms with Crippen LogP contribution < -0.4 is 4.90 Å². The lowest BCUT2D eigenvalue weighted by Crippen LogP contribution is -2.54. The summed E-state index contributed by atoms with van der Waals surface area (Å²) in [6.07, 6.45) is 1.28. The Morgan fingerprint density at radius 2 is 1.89 bits per heavy atom. The topological polar surface area (TPSA) is 94.6 Å². The summed E-state index contributed by atoms with van der Waals surface area (Å²) in [5.41, 5.74) is 0.107. The molecule has 7 nitrogen and oxygen atoms in total. The second kappa shape index (κ2) is 6.72. The van der Waals surface area contributed by atoms with Crippen molar-refractivity contribution in [2.45, 2.75) is 38.8 Å². The molecule has 0 radical (unpaired) electrons. The fourth-order valence-corrected chi connectivity index (χ4v) is 3.21. The molecule has 1 saturated heterocycles. The van der Waals surface area contributed by atoms with E-state index in [0.29, 0.717) is 11.3 Å². The van der Waals surface area contributed by atoms with Crippen LogP contribution in [-0.4, -0.2) is 34.2 Å². The van der Waals surface area contributed by atoms with Gasteiger partial charge < -0.3 is 9.32 Å². The van der Waals surface area contributed by atoms with Crippen LogP contribution in [-0.2, 0) is 9.59 Å². The van der Waals surface area contributed by atoms with Crippen molar-refractivity contribution in [3.8, 4) is 6.07 Å². The van der Waals surface area contributed by atoms with Crippen molar-refractivity contribution in [3.63, 3.8) is 0 Å². The average molecular weight is 365 g/mol. The molecule has 1 unspecified atom stereocenters. The fourth-order valence-electron chi connectivity index (χ4n) is 3.21. The minimum Gasteiger partial charge on any atom is -0.459 e. The van der Waals surface area contributed by atoms with Gasteiger partial charge in [-0.25, -0.2) is 4.90 Å². The molecule has 0 aliphatic carbocycles. The molecule has 3 amide bonds. The summed E-state index contributed by atoms with van der Waals surface area (Å²) in [6.45, 7) is 5.40. The van der Waals surface area contributed by atoms with E-state index in [4.69, 9.17) is 9.68 Å². The summed E-state index contributed by atoms with van der Waals surface area (Å²) in [5.74, 6) is -1.20. The number of hydrogen-bond donors (Lipinski definition) is 0. The first-order valence-electron chi connectivity index (χ1n) is 8.48. The van der Waals surface area contributed by atoms with E-state index in [9.17, 15) is 14.4 Å². The summed E-state index contributed by atoms with van der Waals surface area (Å²) in [4.78, 5) is 41.0. The molecule has 1 aromatic heterocycles. The number of nitriles is 1. The van der Waals surface area contributed by atoms with Gasteiger partial charge in [0, 0.05) is 5.54 Å². The van der Waals surface area contributed by atoms with E-state index >= 15 is 0 Å². The Morgan fingerprint density at radius 3 is 2.41 bits per heavy atom. The third kappa shape index (κ3) is 3.34. The SMILES string of the molecule is CC(C)(C)N(C(=O)c1ccco1)C1CC(=O)N(c2ccc(C#N)cc2)C1=O. The first-order chi connectivity index (χ1) is 12.7. The molecule has 7 heteroatoms. The van der Waals surface area contributed by atoms with Gasteiger partial charge in [-0.3, -0.25) is 14.4 Å². The molecule has 1 atom stereocenters. The number of imide groups is 1. The van der Waals surface area contributed by atoms with E-state index < -0.39 is 29.3 Å². The van der Waals surface area contributed by atoms with Gasteiger partial charge in [-0.2, -0.15) is 5.26 Å². The van der Waals surface area contributed by atoms with E-state index in [1.165, 1.54) is 17.2 Å². The second-order valence-corrected chi connectivity index (χ2v) is 7.27. The molecule has 0 saturated carbocycles. The summed E-state index contributed by atoms with van der Waals surface area (Å²) in [6, 6.07) is 10.4. The van der Waals surface area contributed by atoms with Crippen molar-refractivity contribution in [2.24, 2.45) is 0 Å². The molecule has 3 rings (SSSR count). The highest BCUT2D eigenvalue weighted by Gasteiger charge is 2.48. The molecule has 0 bridgehead atoms. The average Bonchev–Trinajstić information content (AvgIpc) is 3.23. The van der Waals surface area contributed by atoms with E-state index in [2.05, 4.69) is 0 Å². The largest absolute Gasteiger partial charge is 0.459 e. The van der Waals surface area contributed by atoms with Crippen molar-refractivity contribution in [2.75, 3.05) is 4.90 Å². The maximum absolute atomic E-state index is 13.0. The van der Waals surface area contributed by atoms with Crippen LogP contribution in [0, 0.1) is 11.3 Å². The van der Waals surface area contributed by atoms with Crippen LogP contribution in [0.25, 0.3) is 0 Å². The molecule has 1 aliphatic heterocycles. The highest BCUT2D eigenvalue weighted by molar-refractivity contribution is 6.23. The summed E-state index contributed by atoms with van der Waals surface area (Å²) < 4.78 is 5.20. The van der Waals surface area contributed by atoms with Gasteiger partial charge in [0.2, 0.25) is 5.91 Å². The molecule has 2 aromatic rings. The number of benzene rings is 1. The Morgan fingerprint density at radius 1 is 1.22 bits per heavy atom. The lowest BCUT2D eigenvalue weighted by atomic mass is 10.0. The van der Waals surface area contributed by atoms with E-state index in [1.54, 1.807) is 51.1 Å². The van der Waals surface area contributed by atoms with Gasteiger partial charge in [0.1, 0.15) is 6.04 Å². The summed E-state index contributed by atoms with van der Waals surface area (Å²) in [5, 5.41) is 8.90. The fraction of sp³-hybridized carbons (Fsp3) is 0.300. The van der Waals surface area contributed by atoms with Crippen molar-refractivity contribution in [1.29, 1.82) is 5.26 Å². The molecule has 1 aliphatic rings. The van der Waals surface area contributed by atoms with Crippen LogP contribution in [0.5, 0.6) is 0 Å². The molecule has 0 spiro atoms.